The molecule has 0 spiro atoms. The molecule has 2 heterocycles. The summed E-state index contributed by atoms with van der Waals surface area (Å²) in [5.74, 6) is -3.27. The molecule has 110 valence electrons. The first-order valence-corrected chi connectivity index (χ1v) is 6.55. The summed E-state index contributed by atoms with van der Waals surface area (Å²) in [5.41, 5.74) is 2.23. The second-order valence-electron chi connectivity index (χ2n) is 5.03. The second-order valence-corrected chi connectivity index (χ2v) is 5.03. The Hall–Kier alpha value is -2.28. The topological polar surface area (TPSA) is 69.8 Å². The molecule has 0 bridgehead atoms. The van der Waals surface area contributed by atoms with Crippen molar-refractivity contribution < 1.29 is 13.6 Å². The number of halogens is 2. The number of H-pyrrole nitrogens is 1. The van der Waals surface area contributed by atoms with E-state index in [4.69, 9.17) is 0 Å². The minimum Gasteiger partial charge on any atom is -0.325 e. The van der Waals surface area contributed by atoms with E-state index in [-0.39, 0.29) is 0 Å². The van der Waals surface area contributed by atoms with Gasteiger partial charge in [-0.15, -0.1) is 0 Å². The Morgan fingerprint density at radius 2 is 2.24 bits per heavy atom. The molecule has 1 saturated heterocycles. The number of benzene rings is 1. The highest BCUT2D eigenvalue weighted by atomic mass is 19.3. The van der Waals surface area contributed by atoms with Gasteiger partial charge in [-0.1, -0.05) is 12.1 Å². The van der Waals surface area contributed by atoms with Crippen molar-refractivity contribution in [2.75, 3.05) is 11.9 Å². The van der Waals surface area contributed by atoms with Gasteiger partial charge in [-0.05, 0) is 18.2 Å². The van der Waals surface area contributed by atoms with Crippen molar-refractivity contribution in [1.82, 2.24) is 15.5 Å². The predicted octanol–water partition coefficient (Wildman–Crippen LogP) is 2.01. The molecule has 1 atom stereocenters. The molecule has 1 aliphatic heterocycles. The predicted molar refractivity (Wildman–Crippen MR) is 74.0 cm³/mol. The zero-order valence-corrected chi connectivity index (χ0v) is 11.1. The highest BCUT2D eigenvalue weighted by Gasteiger charge is 2.42. The van der Waals surface area contributed by atoms with Crippen LogP contribution in [0.2, 0.25) is 0 Å². The number of aromatic nitrogens is 2. The Labute approximate surface area is 119 Å². The minimum atomic E-state index is -2.82. The van der Waals surface area contributed by atoms with Crippen LogP contribution in [0, 0.1) is 0 Å². The van der Waals surface area contributed by atoms with E-state index in [1.165, 1.54) is 0 Å². The van der Waals surface area contributed by atoms with Crippen molar-refractivity contribution in [3.05, 3.63) is 36.5 Å². The lowest BCUT2D eigenvalue weighted by molar-refractivity contribution is -0.118. The van der Waals surface area contributed by atoms with Crippen LogP contribution in [0.4, 0.5) is 14.5 Å². The van der Waals surface area contributed by atoms with E-state index in [9.17, 15) is 13.6 Å². The van der Waals surface area contributed by atoms with Crippen LogP contribution in [0.15, 0.2) is 36.5 Å². The van der Waals surface area contributed by atoms with Gasteiger partial charge in [-0.25, -0.2) is 8.78 Å². The van der Waals surface area contributed by atoms with E-state index in [1.807, 2.05) is 6.07 Å². The van der Waals surface area contributed by atoms with Gasteiger partial charge in [0.15, 0.2) is 0 Å². The van der Waals surface area contributed by atoms with Gasteiger partial charge in [0, 0.05) is 23.9 Å². The van der Waals surface area contributed by atoms with Crippen molar-refractivity contribution >= 4 is 11.6 Å². The Bertz CT molecular complexity index is 642. The first-order valence-electron chi connectivity index (χ1n) is 6.55. The molecule has 0 aliphatic carbocycles. The zero-order chi connectivity index (χ0) is 14.9. The second kappa shape index (κ2) is 5.25. The fourth-order valence-corrected chi connectivity index (χ4v) is 2.31. The maximum Gasteiger partial charge on any atom is 0.262 e. The van der Waals surface area contributed by atoms with Crippen LogP contribution in [0.3, 0.4) is 0 Å². The monoisotopic (exact) mass is 292 g/mol. The summed E-state index contributed by atoms with van der Waals surface area (Å²) in [6, 6.07) is 8.06. The van der Waals surface area contributed by atoms with Gasteiger partial charge in [0.2, 0.25) is 5.91 Å². The van der Waals surface area contributed by atoms with Crippen LogP contribution in [0.5, 0.6) is 0 Å². The number of amides is 1. The van der Waals surface area contributed by atoms with Gasteiger partial charge < -0.3 is 5.32 Å². The van der Waals surface area contributed by atoms with Crippen molar-refractivity contribution in [2.45, 2.75) is 18.4 Å². The lowest BCUT2D eigenvalue weighted by atomic mass is 10.1. The quantitative estimate of drug-likeness (QED) is 0.810. The molecule has 3 N–H and O–H groups in total. The van der Waals surface area contributed by atoms with Gasteiger partial charge in [0.05, 0.1) is 18.3 Å². The molecule has 1 amide bonds. The molecular formula is C14H14F2N4O. The molecule has 0 saturated carbocycles. The smallest absolute Gasteiger partial charge is 0.262 e. The van der Waals surface area contributed by atoms with Crippen LogP contribution in [-0.2, 0) is 4.79 Å². The van der Waals surface area contributed by atoms with Gasteiger partial charge in [0.1, 0.15) is 0 Å². The summed E-state index contributed by atoms with van der Waals surface area (Å²) < 4.78 is 26.2. The number of carbonyl (C=O) groups excluding carboxylic acids is 1. The number of carbonyl (C=O) groups is 1. The molecule has 5 nitrogen and oxygen atoms in total. The zero-order valence-electron chi connectivity index (χ0n) is 11.1. The molecular weight excluding hydrogens is 278 g/mol. The fourth-order valence-electron chi connectivity index (χ4n) is 2.31. The van der Waals surface area contributed by atoms with Crippen molar-refractivity contribution in [1.29, 1.82) is 0 Å². The number of anilines is 1. The highest BCUT2D eigenvalue weighted by Crippen LogP contribution is 2.26. The third-order valence-electron chi connectivity index (χ3n) is 3.37. The first-order chi connectivity index (χ1) is 10.0. The molecule has 21 heavy (non-hydrogen) atoms. The number of nitrogens with one attached hydrogen (secondary N) is 3. The summed E-state index contributed by atoms with van der Waals surface area (Å²) in [7, 11) is 0. The van der Waals surface area contributed by atoms with Crippen LogP contribution in [0.1, 0.15) is 6.42 Å². The van der Waals surface area contributed by atoms with Crippen LogP contribution in [-0.4, -0.2) is 34.6 Å². The number of aromatic amines is 1. The summed E-state index contributed by atoms with van der Waals surface area (Å²) in [4.78, 5) is 12.0. The van der Waals surface area contributed by atoms with Gasteiger partial charge >= 0.3 is 0 Å². The van der Waals surface area contributed by atoms with E-state index in [1.54, 1.807) is 30.5 Å². The van der Waals surface area contributed by atoms with E-state index in [0.717, 1.165) is 11.3 Å². The maximum atomic E-state index is 13.1. The summed E-state index contributed by atoms with van der Waals surface area (Å²) in [6.45, 7) is -0.459. The third-order valence-corrected chi connectivity index (χ3v) is 3.37. The first kappa shape index (κ1) is 13.7. The molecule has 1 unspecified atom stereocenters. The number of alkyl halides is 2. The van der Waals surface area contributed by atoms with Crippen molar-refractivity contribution in [3.63, 3.8) is 0 Å². The Kier molecular flexibility index (Phi) is 3.42. The molecule has 1 aromatic carbocycles. The Morgan fingerprint density at radius 3 is 2.90 bits per heavy atom. The van der Waals surface area contributed by atoms with Gasteiger partial charge in [0.25, 0.3) is 5.92 Å². The molecule has 7 heteroatoms. The summed E-state index contributed by atoms with van der Waals surface area (Å²) in [6.07, 6.45) is 1.16. The lowest BCUT2D eigenvalue weighted by Crippen LogP contribution is -2.35. The van der Waals surface area contributed by atoms with Gasteiger partial charge in [-0.3, -0.25) is 15.2 Å². The van der Waals surface area contributed by atoms with Crippen LogP contribution >= 0.6 is 0 Å². The molecule has 2 aromatic rings. The molecule has 3 rings (SSSR count). The molecule has 1 aromatic heterocycles. The van der Waals surface area contributed by atoms with E-state index in [0.29, 0.717) is 5.69 Å². The molecule has 1 aliphatic rings. The molecule has 0 radical (unpaired) electrons. The summed E-state index contributed by atoms with van der Waals surface area (Å²) >= 11 is 0. The average molecular weight is 292 g/mol. The Morgan fingerprint density at radius 1 is 1.38 bits per heavy atom. The largest absolute Gasteiger partial charge is 0.325 e. The SMILES string of the molecule is O=C(Nc1cccc(-c2ccn[nH]2)c1)C1CC(F)(F)CN1. The highest BCUT2D eigenvalue weighted by molar-refractivity contribution is 5.95. The normalized spacial score (nSPS) is 20.4. The number of hydrogen-bond donors (Lipinski definition) is 3. The number of hydrogen-bond acceptors (Lipinski definition) is 3. The Balaban J connectivity index is 1.71. The fraction of sp³-hybridized carbons (Fsp3) is 0.286. The number of rotatable bonds is 3. The molecule has 1 fully saturated rings. The van der Waals surface area contributed by atoms with Crippen LogP contribution < -0.4 is 10.6 Å². The number of nitrogens with zero attached hydrogens (tertiary/aromatic N) is 1. The third kappa shape index (κ3) is 3.08. The standard InChI is InChI=1S/C14H14F2N4O/c15-14(16)7-12(17-8-14)13(21)19-10-3-1-2-9(6-10)11-4-5-18-20-11/h1-6,12,17H,7-8H2,(H,18,20)(H,19,21). The van der Waals surface area contributed by atoms with E-state index < -0.39 is 30.8 Å². The minimum absolute atomic E-state index is 0.450. The van der Waals surface area contributed by atoms with E-state index >= 15 is 0 Å². The van der Waals surface area contributed by atoms with E-state index in [2.05, 4.69) is 20.8 Å². The van der Waals surface area contributed by atoms with Gasteiger partial charge in [-0.2, -0.15) is 5.10 Å². The van der Waals surface area contributed by atoms with Crippen LogP contribution in [0.25, 0.3) is 11.3 Å². The maximum absolute atomic E-state index is 13.1. The lowest BCUT2D eigenvalue weighted by Gasteiger charge is -2.12. The van der Waals surface area contributed by atoms with Crippen molar-refractivity contribution in [3.8, 4) is 11.3 Å². The average Bonchev–Trinajstić information content (AvgIpc) is 3.08. The summed E-state index contributed by atoms with van der Waals surface area (Å²) in [5, 5.41) is 11.9. The van der Waals surface area contributed by atoms with Crippen molar-refractivity contribution in [2.24, 2.45) is 0 Å².